The van der Waals surface area contributed by atoms with Crippen LogP contribution in [-0.4, -0.2) is 10.2 Å². The average Bonchev–Trinajstić information content (AvgIpc) is 2.96. The first kappa shape index (κ1) is 16.9. The van der Waals surface area contributed by atoms with E-state index in [-0.39, 0.29) is 18.6 Å². The van der Waals surface area contributed by atoms with Crippen LogP contribution in [-0.2, 0) is 19.2 Å². The molecule has 0 radical (unpaired) electrons. The number of aromatic amines is 2. The molecule has 0 spiro atoms. The zero-order valence-electron chi connectivity index (χ0n) is 13.1. The monoisotopic (exact) mass is 348 g/mol. The van der Waals surface area contributed by atoms with Gasteiger partial charge in [0.2, 0.25) is 0 Å². The van der Waals surface area contributed by atoms with Crippen LogP contribution in [0, 0.1) is 0 Å². The Morgan fingerprint density at radius 2 is 1.60 bits per heavy atom. The average molecular weight is 348 g/mol. The van der Waals surface area contributed by atoms with Crippen LogP contribution in [0.2, 0.25) is 0 Å². The second-order valence-electron chi connectivity index (χ2n) is 5.49. The molecule has 0 bridgehead atoms. The number of halogens is 3. The molecule has 0 saturated carbocycles. The molecule has 2 aromatic carbocycles. The van der Waals surface area contributed by atoms with Gasteiger partial charge >= 0.3 is 6.18 Å². The lowest BCUT2D eigenvalue weighted by Crippen LogP contribution is -2.14. The SMILES string of the molecule is O=c1[nH][nH]c(C(F)(F)F)c1Cc1ccccc1OCc1ccccc1. The highest BCUT2D eigenvalue weighted by Crippen LogP contribution is 2.31. The van der Waals surface area contributed by atoms with Crippen molar-refractivity contribution in [2.45, 2.75) is 19.2 Å². The summed E-state index contributed by atoms with van der Waals surface area (Å²) in [7, 11) is 0. The van der Waals surface area contributed by atoms with Crippen molar-refractivity contribution in [2.24, 2.45) is 0 Å². The van der Waals surface area contributed by atoms with Gasteiger partial charge < -0.3 is 4.74 Å². The molecule has 7 heteroatoms. The molecule has 1 aromatic heterocycles. The fourth-order valence-corrected chi connectivity index (χ4v) is 2.51. The minimum atomic E-state index is -4.63. The predicted molar refractivity (Wildman–Crippen MR) is 86.4 cm³/mol. The van der Waals surface area contributed by atoms with Crippen LogP contribution >= 0.6 is 0 Å². The number of rotatable bonds is 5. The Hall–Kier alpha value is -2.96. The summed E-state index contributed by atoms with van der Waals surface area (Å²) in [5, 5.41) is 3.91. The highest BCUT2D eigenvalue weighted by molar-refractivity contribution is 5.38. The molecular formula is C18H15F3N2O2. The third-order valence-electron chi connectivity index (χ3n) is 3.74. The van der Waals surface area contributed by atoms with Crippen molar-refractivity contribution >= 4 is 0 Å². The Kier molecular flexibility index (Phi) is 4.65. The van der Waals surface area contributed by atoms with Gasteiger partial charge in [0.1, 0.15) is 18.1 Å². The maximum Gasteiger partial charge on any atom is 0.433 e. The van der Waals surface area contributed by atoms with Crippen LogP contribution in [0.4, 0.5) is 13.2 Å². The molecule has 0 amide bonds. The summed E-state index contributed by atoms with van der Waals surface area (Å²) in [5.41, 5.74) is -0.759. The third kappa shape index (κ3) is 3.93. The molecule has 0 unspecified atom stereocenters. The first-order valence-corrected chi connectivity index (χ1v) is 7.56. The summed E-state index contributed by atoms with van der Waals surface area (Å²) in [5.74, 6) is 0.445. The second kappa shape index (κ2) is 6.88. The van der Waals surface area contributed by atoms with Crippen molar-refractivity contribution < 1.29 is 17.9 Å². The van der Waals surface area contributed by atoms with Gasteiger partial charge in [-0.2, -0.15) is 13.2 Å². The quantitative estimate of drug-likeness (QED) is 0.735. The van der Waals surface area contributed by atoms with E-state index in [1.165, 1.54) is 0 Å². The lowest BCUT2D eigenvalue weighted by atomic mass is 10.0. The van der Waals surface area contributed by atoms with Crippen molar-refractivity contribution in [3.63, 3.8) is 0 Å². The molecule has 130 valence electrons. The van der Waals surface area contributed by atoms with E-state index in [0.29, 0.717) is 11.3 Å². The number of para-hydroxylation sites is 1. The molecule has 0 aliphatic carbocycles. The molecule has 0 saturated heterocycles. The van der Waals surface area contributed by atoms with Crippen LogP contribution in [0.15, 0.2) is 59.4 Å². The van der Waals surface area contributed by atoms with E-state index < -0.39 is 17.4 Å². The van der Waals surface area contributed by atoms with Crippen molar-refractivity contribution in [1.82, 2.24) is 10.2 Å². The normalized spacial score (nSPS) is 11.5. The van der Waals surface area contributed by atoms with E-state index in [9.17, 15) is 18.0 Å². The van der Waals surface area contributed by atoms with Crippen LogP contribution in [0.1, 0.15) is 22.4 Å². The fraction of sp³-hybridized carbons (Fsp3) is 0.167. The Morgan fingerprint density at radius 3 is 2.32 bits per heavy atom. The number of hydrogen-bond donors (Lipinski definition) is 2. The summed E-state index contributed by atoms with van der Waals surface area (Å²) in [6, 6.07) is 16.2. The van der Waals surface area contributed by atoms with E-state index in [1.807, 2.05) is 40.5 Å². The number of benzene rings is 2. The molecule has 4 nitrogen and oxygen atoms in total. The molecular weight excluding hydrogens is 333 g/mol. The Labute approximate surface area is 141 Å². The maximum absolute atomic E-state index is 13.0. The third-order valence-corrected chi connectivity index (χ3v) is 3.74. The van der Waals surface area contributed by atoms with E-state index in [4.69, 9.17) is 4.74 Å². The fourth-order valence-electron chi connectivity index (χ4n) is 2.51. The topological polar surface area (TPSA) is 57.9 Å². The van der Waals surface area contributed by atoms with E-state index in [1.54, 1.807) is 24.3 Å². The highest BCUT2D eigenvalue weighted by Gasteiger charge is 2.36. The van der Waals surface area contributed by atoms with Crippen molar-refractivity contribution in [3.8, 4) is 5.75 Å². The van der Waals surface area contributed by atoms with Gasteiger partial charge in [-0.25, -0.2) is 0 Å². The highest BCUT2D eigenvalue weighted by atomic mass is 19.4. The standard InChI is InChI=1S/C18H15F3N2O2/c19-18(20,21)16-14(17(24)23-22-16)10-13-8-4-5-9-15(13)25-11-12-6-2-1-3-7-12/h1-9H,10-11H2,(H2,22,23,24). The number of H-pyrrole nitrogens is 2. The van der Waals surface area contributed by atoms with E-state index in [2.05, 4.69) is 0 Å². The summed E-state index contributed by atoms with van der Waals surface area (Å²) >= 11 is 0. The largest absolute Gasteiger partial charge is 0.489 e. The molecule has 0 fully saturated rings. The second-order valence-corrected chi connectivity index (χ2v) is 5.49. The number of nitrogens with one attached hydrogen (secondary N) is 2. The summed E-state index contributed by atoms with van der Waals surface area (Å²) < 4.78 is 44.8. The van der Waals surface area contributed by atoms with Gasteiger partial charge in [-0.05, 0) is 17.2 Å². The van der Waals surface area contributed by atoms with Gasteiger partial charge in [-0.15, -0.1) is 0 Å². The number of aromatic nitrogens is 2. The summed E-state index contributed by atoms with van der Waals surface area (Å²) in [6.45, 7) is 0.285. The molecule has 0 atom stereocenters. The maximum atomic E-state index is 13.0. The van der Waals surface area contributed by atoms with Crippen LogP contribution < -0.4 is 10.3 Å². The lowest BCUT2D eigenvalue weighted by Gasteiger charge is -2.12. The van der Waals surface area contributed by atoms with Gasteiger partial charge in [0, 0.05) is 6.42 Å². The Balaban J connectivity index is 1.85. The number of hydrogen-bond acceptors (Lipinski definition) is 2. The Bertz CT molecular complexity index is 898. The van der Waals surface area contributed by atoms with Crippen LogP contribution in [0.5, 0.6) is 5.75 Å². The molecule has 0 aliphatic heterocycles. The molecule has 3 aromatic rings. The molecule has 1 heterocycles. The van der Waals surface area contributed by atoms with E-state index in [0.717, 1.165) is 5.56 Å². The zero-order valence-corrected chi connectivity index (χ0v) is 13.1. The summed E-state index contributed by atoms with van der Waals surface area (Å²) in [6.07, 6.45) is -4.81. The molecule has 3 rings (SSSR count). The van der Waals surface area contributed by atoms with Crippen molar-refractivity contribution in [1.29, 1.82) is 0 Å². The van der Waals surface area contributed by atoms with Crippen molar-refractivity contribution in [2.75, 3.05) is 0 Å². The first-order valence-electron chi connectivity index (χ1n) is 7.56. The first-order chi connectivity index (χ1) is 11.9. The Morgan fingerprint density at radius 1 is 0.920 bits per heavy atom. The van der Waals surface area contributed by atoms with Gasteiger partial charge in [-0.1, -0.05) is 48.5 Å². The van der Waals surface area contributed by atoms with Gasteiger partial charge in [0.05, 0.1) is 5.56 Å². The van der Waals surface area contributed by atoms with Gasteiger partial charge in [0.15, 0.2) is 0 Å². The van der Waals surface area contributed by atoms with Crippen LogP contribution in [0.3, 0.4) is 0 Å². The lowest BCUT2D eigenvalue weighted by molar-refractivity contribution is -0.141. The molecule has 25 heavy (non-hydrogen) atoms. The number of alkyl halides is 3. The minimum absolute atomic E-state index is 0.182. The summed E-state index contributed by atoms with van der Waals surface area (Å²) in [4.78, 5) is 11.8. The molecule has 0 aliphatic rings. The van der Waals surface area contributed by atoms with E-state index >= 15 is 0 Å². The van der Waals surface area contributed by atoms with Gasteiger partial charge in [-0.3, -0.25) is 15.0 Å². The zero-order chi connectivity index (χ0) is 17.9. The smallest absolute Gasteiger partial charge is 0.433 e. The molecule has 2 N–H and O–H groups in total. The number of ether oxygens (including phenoxy) is 1. The predicted octanol–water partition coefficient (Wildman–Crippen LogP) is 3.89. The van der Waals surface area contributed by atoms with Gasteiger partial charge in [0.25, 0.3) is 5.56 Å². The van der Waals surface area contributed by atoms with Crippen molar-refractivity contribution in [3.05, 3.63) is 87.3 Å². The minimum Gasteiger partial charge on any atom is -0.489 e. The van der Waals surface area contributed by atoms with Crippen LogP contribution in [0.25, 0.3) is 0 Å².